The zero-order chi connectivity index (χ0) is 50.6. The van der Waals surface area contributed by atoms with Gasteiger partial charge in [-0.05, 0) is 100 Å². The predicted molar refractivity (Wildman–Crippen MR) is 300 cm³/mol. The molecule has 7 heteroatoms. The zero-order valence-corrected chi connectivity index (χ0v) is 46.5. The fourth-order valence-corrected chi connectivity index (χ4v) is 8.65. The van der Waals surface area contributed by atoms with Crippen molar-refractivity contribution in [1.82, 2.24) is 0 Å². The van der Waals surface area contributed by atoms with Gasteiger partial charge < -0.3 is 33.2 Å². The third kappa shape index (κ3) is 41.7. The molecule has 2 unspecified atom stereocenters. The predicted octanol–water partition coefficient (Wildman–Crippen LogP) is 19.3. The van der Waals surface area contributed by atoms with Gasteiger partial charge in [-0.1, -0.05) is 242 Å². The molecule has 0 heterocycles. The number of hydrogen-bond acceptors (Lipinski definition) is 7. The van der Waals surface area contributed by atoms with E-state index in [1.165, 1.54) is 167 Å². The van der Waals surface area contributed by atoms with Gasteiger partial charge in [-0.15, -0.1) is 0 Å². The van der Waals surface area contributed by atoms with Crippen LogP contribution in [-0.4, -0.2) is 51.6 Å². The molecule has 0 spiro atoms. The van der Waals surface area contributed by atoms with Crippen LogP contribution in [0.3, 0.4) is 0 Å². The van der Waals surface area contributed by atoms with Gasteiger partial charge in [0.1, 0.15) is 0 Å². The van der Waals surface area contributed by atoms with E-state index in [0.717, 1.165) is 88.9 Å². The lowest BCUT2D eigenvalue weighted by Gasteiger charge is -2.22. The molecule has 0 amide bonds. The van der Waals surface area contributed by atoms with Crippen molar-refractivity contribution in [3.63, 3.8) is 0 Å². The third-order valence-corrected chi connectivity index (χ3v) is 13.2. The van der Waals surface area contributed by atoms with Gasteiger partial charge in [-0.2, -0.15) is 0 Å². The first kappa shape index (κ1) is 64.8. The van der Waals surface area contributed by atoms with Crippen LogP contribution < -0.4 is 0 Å². The number of hydrogen-bond donors (Lipinski definition) is 0. The Morgan fingerprint density at radius 1 is 0.324 bits per heavy atom. The lowest BCUT2D eigenvalue weighted by Crippen LogP contribution is -2.24. The van der Waals surface area contributed by atoms with Crippen LogP contribution in [0, 0.1) is 0 Å². The molecule has 2 aromatic rings. The molecular formula is C64H110O7. The maximum atomic E-state index is 6.59. The topological polar surface area (TPSA) is 64.6 Å². The molecule has 0 aliphatic carbocycles. The van der Waals surface area contributed by atoms with E-state index in [0.29, 0.717) is 13.2 Å². The Kier molecular flexibility index (Phi) is 46.6. The van der Waals surface area contributed by atoms with Crippen LogP contribution in [0.2, 0.25) is 0 Å². The highest BCUT2D eigenvalue weighted by Gasteiger charge is 2.15. The Morgan fingerprint density at radius 2 is 0.620 bits per heavy atom. The molecule has 0 aliphatic heterocycles. The summed E-state index contributed by atoms with van der Waals surface area (Å²) in [5, 5.41) is 0. The lowest BCUT2D eigenvalue weighted by atomic mass is 10.1. The number of rotatable bonds is 54. The summed E-state index contributed by atoms with van der Waals surface area (Å²) in [5.41, 5.74) is 2.25. The van der Waals surface area contributed by atoms with E-state index in [2.05, 4.69) is 101 Å². The van der Waals surface area contributed by atoms with Gasteiger partial charge in [0.15, 0.2) is 25.2 Å². The molecule has 0 radical (unpaired) electrons. The number of allylic oxidation sites excluding steroid dienone is 2. The molecule has 7 nitrogen and oxygen atoms in total. The molecule has 0 fully saturated rings. The minimum absolute atomic E-state index is 0.0298. The van der Waals surface area contributed by atoms with E-state index in [9.17, 15) is 0 Å². The van der Waals surface area contributed by atoms with Crippen molar-refractivity contribution in [1.29, 1.82) is 0 Å². The normalized spacial score (nSPS) is 12.9. The minimum atomic E-state index is -0.518. The maximum Gasteiger partial charge on any atom is 0.180 e. The number of unbranched alkanes of at least 4 members (excludes halogenated alkanes) is 26. The van der Waals surface area contributed by atoms with Gasteiger partial charge in [-0.25, -0.2) is 0 Å². The molecule has 0 aromatic heterocycles. The van der Waals surface area contributed by atoms with E-state index in [4.69, 9.17) is 33.2 Å². The standard InChI is InChI=1S/C64H110O7/c1-5-9-13-41-53-65-61(66-54-42-14-10-6-2)49-37-27-23-19-17-21-25-29-39-51-63(69-57-59-45-33-31-34-46-59)71-64(70-58-60-47-35-32-36-48-60)52-40-30-26-22-18-20-24-28-38-50-62(67-55-43-15-11-7-3)68-56-44-16-12-8-4/h31-36,39-40,45-48,51-52,61-64H,5-30,37-38,41-44,49-50,53-58H2,1-4H3. The smallest absolute Gasteiger partial charge is 0.180 e. The number of ether oxygens (including phenoxy) is 7. The Labute approximate surface area is 438 Å². The first-order valence-electron chi connectivity index (χ1n) is 29.9. The van der Waals surface area contributed by atoms with E-state index in [-0.39, 0.29) is 12.6 Å². The molecular weight excluding hydrogens is 881 g/mol. The van der Waals surface area contributed by atoms with Crippen LogP contribution in [0.25, 0.3) is 0 Å². The molecule has 0 N–H and O–H groups in total. The second-order valence-corrected chi connectivity index (χ2v) is 20.0. The Balaban J connectivity index is 1.78. The molecule has 0 saturated carbocycles. The minimum Gasteiger partial charge on any atom is -0.353 e. The summed E-state index contributed by atoms with van der Waals surface area (Å²) in [6.07, 6.45) is 48.7. The van der Waals surface area contributed by atoms with Crippen molar-refractivity contribution in [3.8, 4) is 0 Å². The van der Waals surface area contributed by atoms with Crippen molar-refractivity contribution < 1.29 is 33.2 Å². The highest BCUT2D eigenvalue weighted by molar-refractivity contribution is 5.14. The van der Waals surface area contributed by atoms with Crippen molar-refractivity contribution in [2.75, 3.05) is 26.4 Å². The third-order valence-electron chi connectivity index (χ3n) is 13.2. The summed E-state index contributed by atoms with van der Waals surface area (Å²) in [6, 6.07) is 20.7. The highest BCUT2D eigenvalue weighted by atomic mass is 16.8. The molecule has 2 atom stereocenters. The first-order valence-corrected chi connectivity index (χ1v) is 29.9. The monoisotopic (exact) mass is 991 g/mol. The maximum absolute atomic E-state index is 6.59. The SMILES string of the molecule is CCCCCCOC(CCCCCCCCCC=CC(OCc1ccccc1)OC(C=CCCCCCCCCCC(OCCCCCC)OCCCCCC)OCc1ccccc1)OCCCCCC. The van der Waals surface area contributed by atoms with Gasteiger partial charge in [0, 0.05) is 26.4 Å². The fraction of sp³-hybridized carbons (Fsp3) is 0.750. The van der Waals surface area contributed by atoms with Crippen molar-refractivity contribution >= 4 is 0 Å². The molecule has 2 rings (SSSR count). The van der Waals surface area contributed by atoms with Crippen LogP contribution in [-0.2, 0) is 46.4 Å². The second kappa shape index (κ2) is 51.1. The van der Waals surface area contributed by atoms with Crippen LogP contribution >= 0.6 is 0 Å². The molecule has 2 aromatic carbocycles. The molecule has 0 saturated heterocycles. The van der Waals surface area contributed by atoms with Gasteiger partial charge >= 0.3 is 0 Å². The summed E-state index contributed by atoms with van der Waals surface area (Å²) in [7, 11) is 0. The zero-order valence-electron chi connectivity index (χ0n) is 46.5. The number of benzene rings is 2. The quantitative estimate of drug-likeness (QED) is 0.0372. The summed E-state index contributed by atoms with van der Waals surface area (Å²) in [4.78, 5) is 0. The lowest BCUT2D eigenvalue weighted by molar-refractivity contribution is -0.215. The second-order valence-electron chi connectivity index (χ2n) is 20.0. The highest BCUT2D eigenvalue weighted by Crippen LogP contribution is 2.19. The first-order chi connectivity index (χ1) is 35.2. The Morgan fingerprint density at radius 3 is 0.944 bits per heavy atom. The molecule has 408 valence electrons. The Hall–Kier alpha value is -2.36. The van der Waals surface area contributed by atoms with Gasteiger partial charge in [0.05, 0.1) is 13.2 Å². The average Bonchev–Trinajstić information content (AvgIpc) is 3.39. The largest absolute Gasteiger partial charge is 0.353 e. The fourth-order valence-electron chi connectivity index (χ4n) is 8.65. The van der Waals surface area contributed by atoms with E-state index >= 15 is 0 Å². The van der Waals surface area contributed by atoms with Crippen molar-refractivity contribution in [2.24, 2.45) is 0 Å². The van der Waals surface area contributed by atoms with Crippen LogP contribution in [0.4, 0.5) is 0 Å². The molecule has 0 bridgehead atoms. The molecule has 71 heavy (non-hydrogen) atoms. The van der Waals surface area contributed by atoms with Crippen LogP contribution in [0.15, 0.2) is 85.0 Å². The van der Waals surface area contributed by atoms with Crippen molar-refractivity contribution in [2.45, 2.75) is 284 Å². The Bertz CT molecular complexity index is 1270. The van der Waals surface area contributed by atoms with Crippen LogP contribution in [0.5, 0.6) is 0 Å². The van der Waals surface area contributed by atoms with Gasteiger partial charge in [-0.3, -0.25) is 0 Å². The summed E-state index contributed by atoms with van der Waals surface area (Å²) < 4.78 is 44.2. The van der Waals surface area contributed by atoms with Gasteiger partial charge in [0.2, 0.25) is 0 Å². The average molecular weight is 992 g/mol. The van der Waals surface area contributed by atoms with E-state index in [1.54, 1.807) is 0 Å². The summed E-state index contributed by atoms with van der Waals surface area (Å²) in [6.45, 7) is 13.3. The van der Waals surface area contributed by atoms with Crippen molar-refractivity contribution in [3.05, 3.63) is 96.1 Å². The van der Waals surface area contributed by atoms with E-state index in [1.807, 2.05) is 12.1 Å². The van der Waals surface area contributed by atoms with E-state index < -0.39 is 12.6 Å². The summed E-state index contributed by atoms with van der Waals surface area (Å²) >= 11 is 0. The summed E-state index contributed by atoms with van der Waals surface area (Å²) in [5.74, 6) is 0. The van der Waals surface area contributed by atoms with Gasteiger partial charge in [0.25, 0.3) is 0 Å². The molecule has 0 aliphatic rings. The van der Waals surface area contributed by atoms with Crippen LogP contribution in [0.1, 0.15) is 257 Å².